The number of carbonyl (C=O) groups excluding carboxylic acids is 2. The highest BCUT2D eigenvalue weighted by Gasteiger charge is 2.48. The molecule has 2 N–H and O–H groups in total. The number of benzene rings is 2. The van der Waals surface area contributed by atoms with Gasteiger partial charge in [-0.1, -0.05) is 53.6 Å². The summed E-state index contributed by atoms with van der Waals surface area (Å²) in [5, 5.41) is 14.0. The minimum atomic E-state index is -0.977. The van der Waals surface area contributed by atoms with E-state index in [-0.39, 0.29) is 31.1 Å². The van der Waals surface area contributed by atoms with Crippen LogP contribution >= 0.6 is 0 Å². The van der Waals surface area contributed by atoms with Crippen LogP contribution in [0.25, 0.3) is 10.4 Å². The van der Waals surface area contributed by atoms with Crippen molar-refractivity contribution in [1.82, 2.24) is 24.9 Å². The first-order valence-electron chi connectivity index (χ1n) is 12.0. The number of urea groups is 1. The molecular formula is C26H31N9O2. The zero-order chi connectivity index (χ0) is 26.6. The zero-order valence-electron chi connectivity index (χ0n) is 21.4. The van der Waals surface area contributed by atoms with Crippen LogP contribution in [-0.2, 0) is 12.1 Å². The first-order chi connectivity index (χ1) is 17.8. The Balaban J connectivity index is 1.65. The maximum Gasteiger partial charge on any atom is 0.321 e. The van der Waals surface area contributed by atoms with Gasteiger partial charge >= 0.3 is 6.03 Å². The van der Waals surface area contributed by atoms with Gasteiger partial charge in [0.25, 0.3) is 5.91 Å². The normalized spacial score (nSPS) is 17.2. The van der Waals surface area contributed by atoms with Gasteiger partial charge in [0.1, 0.15) is 0 Å². The smallest absolute Gasteiger partial charge is 0.319 e. The van der Waals surface area contributed by atoms with Gasteiger partial charge in [0.05, 0.1) is 30.4 Å². The molecule has 0 aliphatic carbocycles. The van der Waals surface area contributed by atoms with E-state index in [1.165, 1.54) is 0 Å². The van der Waals surface area contributed by atoms with Gasteiger partial charge in [0.15, 0.2) is 5.82 Å². The summed E-state index contributed by atoms with van der Waals surface area (Å²) in [6.45, 7) is 2.66. The molecule has 2 aromatic carbocycles. The predicted molar refractivity (Wildman–Crippen MR) is 141 cm³/mol. The first kappa shape index (κ1) is 25.7. The molecule has 1 aromatic heterocycles. The number of nitrogens with zero attached hydrogens (tertiary/aromatic N) is 7. The number of hydrogen-bond acceptors (Lipinski definition) is 5. The Morgan fingerprint density at radius 1 is 1.16 bits per heavy atom. The number of carbonyl (C=O) groups is 2. The molecule has 4 rings (SSSR count). The van der Waals surface area contributed by atoms with Crippen LogP contribution < -0.4 is 5.32 Å². The molecule has 37 heavy (non-hydrogen) atoms. The van der Waals surface area contributed by atoms with Crippen LogP contribution in [-0.4, -0.2) is 71.1 Å². The second-order valence-corrected chi connectivity index (χ2v) is 9.58. The summed E-state index contributed by atoms with van der Waals surface area (Å²) in [6.07, 6.45) is 0. The number of nitrogens with one attached hydrogen (secondary N) is 2. The van der Waals surface area contributed by atoms with E-state index in [1.807, 2.05) is 62.3 Å². The van der Waals surface area contributed by atoms with Gasteiger partial charge in [-0.05, 0) is 44.2 Å². The molecule has 0 spiro atoms. The van der Waals surface area contributed by atoms with E-state index in [0.717, 1.165) is 5.56 Å². The maximum absolute atomic E-state index is 14.0. The number of amides is 3. The number of fused-ring (bicyclic) bond motifs is 1. The second-order valence-electron chi connectivity index (χ2n) is 9.58. The predicted octanol–water partition coefficient (Wildman–Crippen LogP) is 4.36. The molecule has 11 heteroatoms. The number of aromatic nitrogens is 2. The fourth-order valence-electron chi connectivity index (χ4n) is 4.71. The van der Waals surface area contributed by atoms with Crippen molar-refractivity contribution in [2.24, 2.45) is 5.11 Å². The lowest BCUT2D eigenvalue weighted by molar-refractivity contribution is 0.0921. The molecule has 0 bridgehead atoms. The van der Waals surface area contributed by atoms with E-state index in [2.05, 4.69) is 25.5 Å². The van der Waals surface area contributed by atoms with Gasteiger partial charge < -0.3 is 20.0 Å². The number of anilines is 1. The minimum absolute atomic E-state index is 0.00797. The molecule has 0 radical (unpaired) electrons. The summed E-state index contributed by atoms with van der Waals surface area (Å²) >= 11 is 0. The first-order valence-corrected chi connectivity index (χ1v) is 12.0. The largest absolute Gasteiger partial charge is 0.321 e. The molecule has 3 amide bonds. The van der Waals surface area contributed by atoms with Gasteiger partial charge in [-0.15, -0.1) is 0 Å². The second kappa shape index (κ2) is 10.7. The van der Waals surface area contributed by atoms with Crippen LogP contribution in [0.1, 0.15) is 40.1 Å². The minimum Gasteiger partial charge on any atom is -0.319 e. The molecule has 11 nitrogen and oxygen atoms in total. The molecule has 1 unspecified atom stereocenters. The van der Waals surface area contributed by atoms with Crippen LogP contribution in [0, 0.1) is 0 Å². The summed E-state index contributed by atoms with van der Waals surface area (Å²) in [7, 11) is 5.71. The van der Waals surface area contributed by atoms with Gasteiger partial charge in [0, 0.05) is 29.6 Å². The molecule has 0 fully saturated rings. The van der Waals surface area contributed by atoms with Gasteiger partial charge in [-0.3, -0.25) is 9.89 Å². The number of azide groups is 1. The van der Waals surface area contributed by atoms with E-state index in [9.17, 15) is 9.59 Å². The number of likely N-dealkylation sites (N-methyl/N-ethyl adjacent to an activating group) is 2. The molecule has 2 heterocycles. The molecule has 192 valence electrons. The average Bonchev–Trinajstić information content (AvgIpc) is 3.44. The molecule has 1 aliphatic heterocycles. The van der Waals surface area contributed by atoms with Crippen LogP contribution in [0.3, 0.4) is 0 Å². The van der Waals surface area contributed by atoms with Gasteiger partial charge in [-0.2, -0.15) is 5.10 Å². The molecule has 1 aliphatic rings. The van der Waals surface area contributed by atoms with E-state index in [1.54, 1.807) is 41.1 Å². The molecule has 3 aromatic rings. The van der Waals surface area contributed by atoms with Crippen LogP contribution in [0.2, 0.25) is 0 Å². The van der Waals surface area contributed by atoms with Crippen molar-refractivity contribution in [3.05, 3.63) is 93.5 Å². The number of aromatic amines is 1. The van der Waals surface area contributed by atoms with Crippen molar-refractivity contribution in [2.45, 2.75) is 25.0 Å². The lowest BCUT2D eigenvalue weighted by atomic mass is 9.98. The number of rotatable bonds is 8. The average molecular weight is 502 g/mol. The number of H-pyrrole nitrogens is 1. The Morgan fingerprint density at radius 3 is 2.43 bits per heavy atom. The summed E-state index contributed by atoms with van der Waals surface area (Å²) in [5.74, 6) is 0.0468. The van der Waals surface area contributed by atoms with Crippen LogP contribution in [0.5, 0.6) is 0 Å². The van der Waals surface area contributed by atoms with E-state index < -0.39 is 5.54 Å². The Morgan fingerprint density at radius 2 is 1.81 bits per heavy atom. The highest BCUT2D eigenvalue weighted by Crippen LogP contribution is 2.42. The maximum atomic E-state index is 14.0. The van der Waals surface area contributed by atoms with Gasteiger partial charge in [-0.25, -0.2) is 4.79 Å². The third-order valence-electron chi connectivity index (χ3n) is 6.75. The Kier molecular flexibility index (Phi) is 7.47. The van der Waals surface area contributed by atoms with Crippen molar-refractivity contribution >= 4 is 17.8 Å². The van der Waals surface area contributed by atoms with E-state index >= 15 is 0 Å². The quantitative estimate of drug-likeness (QED) is 0.269. The third-order valence-corrected chi connectivity index (χ3v) is 6.75. The standard InChI is InChI=1S/C26H31N9O2/c1-26(17-28-32-27)22-20(23(31-30-22)29-24(36)19-13-9-6-10-14-19)15-35(26)25(37)34(4)21(16-33(2)3)18-11-7-5-8-12-18/h5-14,21H,15-17H2,1-4H3,(H2,29,30,31,36)/t21-,26?/m1/s1. The van der Waals surface area contributed by atoms with E-state index in [0.29, 0.717) is 29.2 Å². The summed E-state index contributed by atoms with van der Waals surface area (Å²) in [5.41, 5.74) is 10.9. The molecular weight excluding hydrogens is 470 g/mol. The molecule has 0 saturated heterocycles. The highest BCUT2D eigenvalue weighted by molar-refractivity contribution is 6.04. The summed E-state index contributed by atoms with van der Waals surface area (Å²) in [4.78, 5) is 35.2. The Bertz CT molecular complexity index is 1300. The van der Waals surface area contributed by atoms with Crippen molar-refractivity contribution in [2.75, 3.05) is 39.5 Å². The lowest BCUT2D eigenvalue weighted by Crippen LogP contribution is -2.51. The lowest BCUT2D eigenvalue weighted by Gasteiger charge is -2.40. The van der Waals surface area contributed by atoms with Crippen LogP contribution in [0.15, 0.2) is 65.8 Å². The van der Waals surface area contributed by atoms with Crippen molar-refractivity contribution in [3.63, 3.8) is 0 Å². The molecule has 2 atom stereocenters. The number of hydrogen-bond donors (Lipinski definition) is 2. The van der Waals surface area contributed by atoms with Crippen LogP contribution in [0.4, 0.5) is 10.6 Å². The van der Waals surface area contributed by atoms with Gasteiger partial charge in [0.2, 0.25) is 0 Å². The van der Waals surface area contributed by atoms with E-state index in [4.69, 9.17) is 5.53 Å². The van der Waals surface area contributed by atoms with Crippen molar-refractivity contribution in [3.8, 4) is 0 Å². The van der Waals surface area contributed by atoms with Crippen molar-refractivity contribution in [1.29, 1.82) is 0 Å². The fraction of sp³-hybridized carbons (Fsp3) is 0.346. The Labute approximate surface area is 215 Å². The fourth-order valence-corrected chi connectivity index (χ4v) is 4.71. The Hall–Kier alpha value is -4.34. The highest BCUT2D eigenvalue weighted by atomic mass is 16.2. The van der Waals surface area contributed by atoms with Crippen molar-refractivity contribution < 1.29 is 9.59 Å². The SMILES string of the molecule is CN(C)C[C@H](c1ccccc1)N(C)C(=O)N1Cc2c(NC(=O)c3ccccc3)n[nH]c2C1(C)CN=[N+]=[N-]. The summed E-state index contributed by atoms with van der Waals surface area (Å²) in [6, 6.07) is 18.3. The zero-order valence-corrected chi connectivity index (χ0v) is 21.4. The molecule has 0 saturated carbocycles. The monoisotopic (exact) mass is 501 g/mol. The third kappa shape index (κ3) is 5.13. The topological polar surface area (TPSA) is 133 Å². The summed E-state index contributed by atoms with van der Waals surface area (Å²) < 4.78 is 0.